The molecule has 1 heterocycles. The lowest BCUT2D eigenvalue weighted by Crippen LogP contribution is -2.20. The molecule has 2 aromatic rings. The van der Waals surface area contributed by atoms with Crippen LogP contribution in [0.2, 0.25) is 0 Å². The van der Waals surface area contributed by atoms with Gasteiger partial charge in [-0.2, -0.15) is 0 Å². The van der Waals surface area contributed by atoms with E-state index in [1.807, 2.05) is 6.07 Å². The Bertz CT molecular complexity index is 604. The van der Waals surface area contributed by atoms with Crippen molar-refractivity contribution in [3.8, 4) is 0 Å². The van der Waals surface area contributed by atoms with Crippen molar-refractivity contribution in [1.29, 1.82) is 0 Å². The van der Waals surface area contributed by atoms with Crippen molar-refractivity contribution in [3.63, 3.8) is 0 Å². The highest BCUT2D eigenvalue weighted by atomic mass is 19.1. The molecule has 0 aliphatic carbocycles. The molecule has 6 heteroatoms. The van der Waals surface area contributed by atoms with Crippen molar-refractivity contribution in [3.05, 3.63) is 59.4 Å². The first kappa shape index (κ1) is 14.1. The van der Waals surface area contributed by atoms with Crippen molar-refractivity contribution < 1.29 is 14.3 Å². The van der Waals surface area contributed by atoms with E-state index in [-0.39, 0.29) is 11.4 Å². The first-order chi connectivity index (χ1) is 9.66. The van der Waals surface area contributed by atoms with Crippen molar-refractivity contribution in [2.24, 2.45) is 0 Å². The molecule has 20 heavy (non-hydrogen) atoms. The van der Waals surface area contributed by atoms with Gasteiger partial charge in [-0.15, -0.1) is 0 Å². The highest BCUT2D eigenvalue weighted by molar-refractivity contribution is 5.88. The maximum Gasteiger partial charge on any atom is 0.339 e. The normalized spacial score (nSPS) is 10.4. The van der Waals surface area contributed by atoms with Crippen LogP contribution in [-0.4, -0.2) is 27.6 Å². The van der Waals surface area contributed by atoms with E-state index in [4.69, 9.17) is 5.11 Å². The van der Waals surface area contributed by atoms with Gasteiger partial charge in [-0.25, -0.2) is 19.2 Å². The van der Waals surface area contributed by atoms with Crippen LogP contribution in [0.4, 0.5) is 4.39 Å². The van der Waals surface area contributed by atoms with Crippen LogP contribution in [0, 0.1) is 5.82 Å². The van der Waals surface area contributed by atoms with Gasteiger partial charge in [-0.1, -0.05) is 12.1 Å². The Kier molecular flexibility index (Phi) is 4.73. The second-order valence-corrected chi connectivity index (χ2v) is 4.24. The quantitative estimate of drug-likeness (QED) is 0.784. The molecule has 2 N–H and O–H groups in total. The number of hydrogen-bond acceptors (Lipinski definition) is 4. The Morgan fingerprint density at radius 3 is 3.00 bits per heavy atom. The minimum absolute atomic E-state index is 0.0887. The van der Waals surface area contributed by atoms with E-state index in [9.17, 15) is 9.18 Å². The van der Waals surface area contributed by atoms with E-state index in [0.717, 1.165) is 5.56 Å². The van der Waals surface area contributed by atoms with Crippen LogP contribution in [0.3, 0.4) is 0 Å². The number of aromatic carboxylic acids is 1. The number of hydrogen-bond donors (Lipinski definition) is 2. The van der Waals surface area contributed by atoms with Crippen LogP contribution >= 0.6 is 0 Å². The number of nitrogens with one attached hydrogen (secondary N) is 1. The van der Waals surface area contributed by atoms with E-state index < -0.39 is 5.97 Å². The van der Waals surface area contributed by atoms with Gasteiger partial charge < -0.3 is 10.4 Å². The van der Waals surface area contributed by atoms with Crippen LogP contribution < -0.4 is 5.32 Å². The molecule has 104 valence electrons. The zero-order valence-corrected chi connectivity index (χ0v) is 10.7. The van der Waals surface area contributed by atoms with E-state index in [1.165, 1.54) is 24.7 Å². The van der Waals surface area contributed by atoms with Crippen molar-refractivity contribution >= 4 is 5.97 Å². The first-order valence-corrected chi connectivity index (χ1v) is 6.14. The lowest BCUT2D eigenvalue weighted by atomic mass is 10.1. The van der Waals surface area contributed by atoms with Gasteiger partial charge in [0, 0.05) is 12.7 Å². The number of benzene rings is 1. The largest absolute Gasteiger partial charge is 0.478 e. The van der Waals surface area contributed by atoms with Gasteiger partial charge in [0.05, 0.1) is 5.69 Å². The standard InChI is InChI=1S/C14H14FN3O2/c15-11-3-1-2-10(6-11)4-5-16-8-13-12(14(19)20)7-17-9-18-13/h1-3,6-7,9,16H,4-5,8H2,(H,19,20). The molecule has 0 radical (unpaired) electrons. The van der Waals surface area contributed by atoms with Gasteiger partial charge in [-0.3, -0.25) is 0 Å². The Morgan fingerprint density at radius 1 is 1.40 bits per heavy atom. The summed E-state index contributed by atoms with van der Waals surface area (Å²) in [7, 11) is 0. The first-order valence-electron chi connectivity index (χ1n) is 6.14. The van der Waals surface area contributed by atoms with Gasteiger partial charge in [0.1, 0.15) is 17.7 Å². The average molecular weight is 275 g/mol. The Balaban J connectivity index is 1.86. The Labute approximate surface area is 115 Å². The fraction of sp³-hybridized carbons (Fsp3) is 0.214. The molecule has 0 bridgehead atoms. The van der Waals surface area contributed by atoms with E-state index in [1.54, 1.807) is 6.07 Å². The highest BCUT2D eigenvalue weighted by Gasteiger charge is 2.10. The number of halogens is 1. The summed E-state index contributed by atoms with van der Waals surface area (Å²) in [4.78, 5) is 18.6. The number of aromatic nitrogens is 2. The van der Waals surface area contributed by atoms with E-state index >= 15 is 0 Å². The monoisotopic (exact) mass is 275 g/mol. The number of carboxylic acids is 1. The molecule has 0 aliphatic rings. The fourth-order valence-corrected chi connectivity index (χ4v) is 1.81. The molecule has 1 aromatic carbocycles. The van der Waals surface area contributed by atoms with Crippen LogP contribution in [0.1, 0.15) is 21.6 Å². The van der Waals surface area contributed by atoms with Gasteiger partial charge in [0.15, 0.2) is 0 Å². The molecule has 0 fully saturated rings. The predicted octanol–water partition coefficient (Wildman–Crippen LogP) is 1.65. The van der Waals surface area contributed by atoms with Crippen molar-refractivity contribution in [2.75, 3.05) is 6.54 Å². The SMILES string of the molecule is O=C(O)c1cncnc1CNCCc1cccc(F)c1. The molecule has 0 aliphatic heterocycles. The van der Waals surface area contributed by atoms with Crippen LogP contribution in [0.5, 0.6) is 0 Å². The Morgan fingerprint density at radius 2 is 2.25 bits per heavy atom. The summed E-state index contributed by atoms with van der Waals surface area (Å²) in [6.07, 6.45) is 3.25. The topological polar surface area (TPSA) is 75.1 Å². The molecule has 0 saturated carbocycles. The van der Waals surface area contributed by atoms with Gasteiger partial charge >= 0.3 is 5.97 Å². The minimum atomic E-state index is -1.05. The van der Waals surface area contributed by atoms with Gasteiger partial charge in [0.25, 0.3) is 0 Å². The summed E-state index contributed by atoms with van der Waals surface area (Å²) in [5, 5.41) is 12.1. The summed E-state index contributed by atoms with van der Waals surface area (Å²) in [5.41, 5.74) is 1.41. The van der Waals surface area contributed by atoms with Gasteiger partial charge in [-0.05, 0) is 30.7 Å². The lowest BCUT2D eigenvalue weighted by Gasteiger charge is -2.06. The highest BCUT2D eigenvalue weighted by Crippen LogP contribution is 2.05. The third-order valence-electron chi connectivity index (χ3n) is 2.80. The number of rotatable bonds is 6. The summed E-state index contributed by atoms with van der Waals surface area (Å²) >= 11 is 0. The minimum Gasteiger partial charge on any atom is -0.478 e. The summed E-state index contributed by atoms with van der Waals surface area (Å²) < 4.78 is 13.0. The molecule has 5 nitrogen and oxygen atoms in total. The molecule has 0 unspecified atom stereocenters. The molecule has 2 rings (SSSR count). The summed E-state index contributed by atoms with van der Waals surface area (Å²) in [5.74, 6) is -1.31. The molecule has 0 amide bonds. The molecule has 0 saturated heterocycles. The van der Waals surface area contributed by atoms with Crippen LogP contribution in [0.25, 0.3) is 0 Å². The van der Waals surface area contributed by atoms with Crippen LogP contribution in [0.15, 0.2) is 36.8 Å². The summed E-state index contributed by atoms with van der Waals surface area (Å²) in [6.45, 7) is 0.936. The van der Waals surface area contributed by atoms with Gasteiger partial charge in [0.2, 0.25) is 0 Å². The number of carboxylic acid groups (broad SMARTS) is 1. The molecular formula is C14H14FN3O2. The maximum absolute atomic E-state index is 13.0. The molecule has 1 aromatic heterocycles. The third-order valence-corrected chi connectivity index (χ3v) is 2.80. The Hall–Kier alpha value is -2.34. The van der Waals surface area contributed by atoms with Crippen molar-refractivity contribution in [2.45, 2.75) is 13.0 Å². The average Bonchev–Trinajstić information content (AvgIpc) is 2.44. The van der Waals surface area contributed by atoms with E-state index in [2.05, 4.69) is 15.3 Å². The molecule has 0 atom stereocenters. The molecule has 0 spiro atoms. The maximum atomic E-state index is 13.0. The van der Waals surface area contributed by atoms with E-state index in [0.29, 0.717) is 25.2 Å². The second-order valence-electron chi connectivity index (χ2n) is 4.24. The van der Waals surface area contributed by atoms with Crippen molar-refractivity contribution in [1.82, 2.24) is 15.3 Å². The third kappa shape index (κ3) is 3.83. The number of carbonyl (C=O) groups is 1. The lowest BCUT2D eigenvalue weighted by molar-refractivity contribution is 0.0694. The van der Waals surface area contributed by atoms with Crippen LogP contribution in [-0.2, 0) is 13.0 Å². The zero-order chi connectivity index (χ0) is 14.4. The smallest absolute Gasteiger partial charge is 0.339 e. The number of nitrogens with zero attached hydrogens (tertiary/aromatic N) is 2. The predicted molar refractivity (Wildman–Crippen MR) is 70.8 cm³/mol. The zero-order valence-electron chi connectivity index (χ0n) is 10.7. The fourth-order valence-electron chi connectivity index (χ4n) is 1.81. The second kappa shape index (κ2) is 6.72. The summed E-state index contributed by atoms with van der Waals surface area (Å²) in [6, 6.07) is 6.39. The molecular weight excluding hydrogens is 261 g/mol.